The number of esters is 1. The number of ether oxygens (including phenoxy) is 1. The van der Waals surface area contributed by atoms with Crippen LogP contribution in [0, 0.1) is 5.41 Å². The molecule has 0 spiro atoms. The second-order valence-corrected chi connectivity index (χ2v) is 4.59. The van der Waals surface area contributed by atoms with E-state index in [2.05, 4.69) is 10.1 Å². The molecule has 0 rings (SSSR count). The summed E-state index contributed by atoms with van der Waals surface area (Å²) in [5, 5.41) is 2.25. The summed E-state index contributed by atoms with van der Waals surface area (Å²) in [7, 11) is 0. The lowest BCUT2D eigenvalue weighted by Gasteiger charge is -2.21. The van der Waals surface area contributed by atoms with E-state index in [1.54, 1.807) is 20.8 Å². The van der Waals surface area contributed by atoms with E-state index in [-0.39, 0.29) is 0 Å². The third kappa shape index (κ3) is 5.37. The fourth-order valence-electron chi connectivity index (χ4n) is 0.858. The Morgan fingerprint density at radius 2 is 1.78 bits per heavy atom. The number of hydrogen-bond donors (Lipinski definition) is 1. The van der Waals surface area contributed by atoms with Gasteiger partial charge in [-0.3, -0.25) is 9.59 Å². The minimum atomic E-state index is -4.59. The molecule has 1 amide bonds. The van der Waals surface area contributed by atoms with Crippen molar-refractivity contribution in [3.8, 4) is 0 Å². The van der Waals surface area contributed by atoms with Crippen LogP contribution in [-0.2, 0) is 14.3 Å². The average Bonchev–Trinajstić information content (AvgIpc) is 2.24. The lowest BCUT2D eigenvalue weighted by molar-refractivity contribution is -0.215. The van der Waals surface area contributed by atoms with E-state index in [1.165, 1.54) is 0 Å². The Bertz CT molecular complexity index is 313. The molecular weight excluding hydrogens is 251 g/mol. The van der Waals surface area contributed by atoms with Crippen LogP contribution in [0.15, 0.2) is 0 Å². The summed E-state index contributed by atoms with van der Waals surface area (Å²) in [5.74, 6) is -1.51. The van der Waals surface area contributed by atoms with E-state index in [1.807, 2.05) is 0 Å². The van der Waals surface area contributed by atoms with E-state index < -0.39 is 36.1 Å². The van der Waals surface area contributed by atoms with Crippen molar-refractivity contribution in [1.82, 2.24) is 5.32 Å². The molecule has 0 fully saturated rings. The van der Waals surface area contributed by atoms with Gasteiger partial charge in [0, 0.05) is 5.41 Å². The van der Waals surface area contributed by atoms with Crippen molar-refractivity contribution >= 4 is 11.9 Å². The van der Waals surface area contributed by atoms with Gasteiger partial charge in [0.05, 0.1) is 0 Å². The summed E-state index contributed by atoms with van der Waals surface area (Å²) in [4.78, 5) is 22.6. The predicted molar refractivity (Wildman–Crippen MR) is 58.7 cm³/mol. The Morgan fingerprint density at radius 3 is 2.17 bits per heavy atom. The van der Waals surface area contributed by atoms with Gasteiger partial charge in [-0.2, -0.15) is 13.2 Å². The number of rotatable bonds is 5. The summed E-state index contributed by atoms with van der Waals surface area (Å²) in [6.07, 6.45) is -6.23. The number of amides is 1. The lowest BCUT2D eigenvalue weighted by Crippen LogP contribution is -2.41. The standard InChI is InChI=1S/C11H18F3NO3/c1-5-10(3,4)9(17)15-6-8(16)18-7(2)11(12,13)14/h7H,5-6H2,1-4H3,(H,15,17). The molecule has 1 atom stereocenters. The Kier molecular flexibility index (Phi) is 5.63. The molecule has 0 saturated carbocycles. The summed E-state index contributed by atoms with van der Waals surface area (Å²) < 4.78 is 40.4. The van der Waals surface area contributed by atoms with Gasteiger partial charge in [-0.1, -0.05) is 20.8 Å². The summed E-state index contributed by atoms with van der Waals surface area (Å²) >= 11 is 0. The molecule has 7 heteroatoms. The molecule has 0 heterocycles. The number of alkyl halides is 3. The maximum Gasteiger partial charge on any atom is 0.425 e. The first kappa shape index (κ1) is 16.7. The third-order valence-corrected chi connectivity index (χ3v) is 2.66. The van der Waals surface area contributed by atoms with Gasteiger partial charge in [0.15, 0.2) is 6.10 Å². The van der Waals surface area contributed by atoms with Crippen LogP contribution in [0.25, 0.3) is 0 Å². The maximum atomic E-state index is 12.1. The van der Waals surface area contributed by atoms with Crippen LogP contribution in [-0.4, -0.2) is 30.7 Å². The summed E-state index contributed by atoms with van der Waals surface area (Å²) in [6, 6.07) is 0. The molecule has 0 aromatic carbocycles. The minimum Gasteiger partial charge on any atom is -0.452 e. The van der Waals surface area contributed by atoms with Crippen molar-refractivity contribution in [1.29, 1.82) is 0 Å². The molecule has 0 saturated heterocycles. The maximum absolute atomic E-state index is 12.1. The lowest BCUT2D eigenvalue weighted by atomic mass is 9.89. The highest BCUT2D eigenvalue weighted by Crippen LogP contribution is 2.22. The largest absolute Gasteiger partial charge is 0.452 e. The monoisotopic (exact) mass is 269 g/mol. The van der Waals surface area contributed by atoms with Crippen molar-refractivity contribution in [3.05, 3.63) is 0 Å². The highest BCUT2D eigenvalue weighted by atomic mass is 19.4. The van der Waals surface area contributed by atoms with Gasteiger partial charge in [0.25, 0.3) is 0 Å². The van der Waals surface area contributed by atoms with Crippen molar-refractivity contribution in [2.75, 3.05) is 6.54 Å². The molecule has 0 aliphatic rings. The molecular formula is C11H18F3NO3. The molecule has 0 aliphatic carbocycles. The van der Waals surface area contributed by atoms with Crippen LogP contribution in [0.3, 0.4) is 0 Å². The van der Waals surface area contributed by atoms with E-state index in [0.29, 0.717) is 6.42 Å². The Morgan fingerprint density at radius 1 is 1.28 bits per heavy atom. The van der Waals surface area contributed by atoms with Gasteiger partial charge in [-0.05, 0) is 13.3 Å². The van der Waals surface area contributed by atoms with Crippen molar-refractivity contribution in [2.45, 2.75) is 46.4 Å². The zero-order valence-electron chi connectivity index (χ0n) is 10.9. The quantitative estimate of drug-likeness (QED) is 0.777. The highest BCUT2D eigenvalue weighted by molar-refractivity contribution is 5.85. The number of carbonyl (C=O) groups is 2. The molecule has 1 N–H and O–H groups in total. The number of halogens is 3. The van der Waals surface area contributed by atoms with Crippen molar-refractivity contribution < 1.29 is 27.5 Å². The first-order chi connectivity index (χ1) is 8.00. The van der Waals surface area contributed by atoms with Crippen LogP contribution in [0.1, 0.15) is 34.1 Å². The van der Waals surface area contributed by atoms with Crippen molar-refractivity contribution in [2.24, 2.45) is 5.41 Å². The molecule has 106 valence electrons. The topological polar surface area (TPSA) is 55.4 Å². The first-order valence-electron chi connectivity index (χ1n) is 5.55. The molecule has 0 aromatic rings. The average molecular weight is 269 g/mol. The Balaban J connectivity index is 4.18. The normalized spacial score (nSPS) is 13.9. The van der Waals surface area contributed by atoms with Gasteiger partial charge in [0.2, 0.25) is 5.91 Å². The van der Waals surface area contributed by atoms with Gasteiger partial charge in [0.1, 0.15) is 6.54 Å². The van der Waals surface area contributed by atoms with Gasteiger partial charge < -0.3 is 10.1 Å². The second kappa shape index (κ2) is 6.06. The van der Waals surface area contributed by atoms with E-state index in [0.717, 1.165) is 6.92 Å². The van der Waals surface area contributed by atoms with Crippen LogP contribution in [0.5, 0.6) is 0 Å². The second-order valence-electron chi connectivity index (χ2n) is 4.59. The SMILES string of the molecule is CCC(C)(C)C(=O)NCC(=O)OC(C)C(F)(F)F. The van der Waals surface area contributed by atoms with Gasteiger partial charge in [-0.25, -0.2) is 0 Å². The van der Waals surface area contributed by atoms with Crippen LogP contribution in [0.2, 0.25) is 0 Å². The van der Waals surface area contributed by atoms with Crippen molar-refractivity contribution in [3.63, 3.8) is 0 Å². The Hall–Kier alpha value is -1.27. The molecule has 0 aliphatic heterocycles. The molecule has 0 radical (unpaired) electrons. The van der Waals surface area contributed by atoms with Crippen LogP contribution < -0.4 is 5.32 Å². The molecule has 0 aromatic heterocycles. The minimum absolute atomic E-state index is 0.401. The van der Waals surface area contributed by atoms with E-state index >= 15 is 0 Å². The number of carbonyl (C=O) groups excluding carboxylic acids is 2. The zero-order chi connectivity index (χ0) is 14.6. The third-order valence-electron chi connectivity index (χ3n) is 2.66. The number of nitrogens with one attached hydrogen (secondary N) is 1. The van der Waals surface area contributed by atoms with E-state index in [4.69, 9.17) is 0 Å². The fraction of sp³-hybridized carbons (Fsp3) is 0.818. The number of hydrogen-bond acceptors (Lipinski definition) is 3. The predicted octanol–water partition coefficient (Wildman–Crippen LogP) is 2.03. The zero-order valence-corrected chi connectivity index (χ0v) is 10.9. The van der Waals surface area contributed by atoms with Gasteiger partial charge >= 0.3 is 12.1 Å². The highest BCUT2D eigenvalue weighted by Gasteiger charge is 2.39. The first-order valence-corrected chi connectivity index (χ1v) is 5.55. The molecule has 1 unspecified atom stereocenters. The van der Waals surface area contributed by atoms with Crippen LogP contribution in [0.4, 0.5) is 13.2 Å². The smallest absolute Gasteiger partial charge is 0.425 e. The molecule has 4 nitrogen and oxygen atoms in total. The van der Waals surface area contributed by atoms with Crippen LogP contribution >= 0.6 is 0 Å². The Labute approximate surface area is 104 Å². The van der Waals surface area contributed by atoms with Gasteiger partial charge in [-0.15, -0.1) is 0 Å². The summed E-state index contributed by atoms with van der Waals surface area (Å²) in [5.41, 5.74) is -0.671. The molecule has 18 heavy (non-hydrogen) atoms. The fourth-order valence-corrected chi connectivity index (χ4v) is 0.858. The summed E-state index contributed by atoms with van der Waals surface area (Å²) in [6.45, 7) is 5.31. The van der Waals surface area contributed by atoms with E-state index in [9.17, 15) is 22.8 Å². The molecule has 0 bridgehead atoms.